The van der Waals surface area contributed by atoms with Crippen molar-refractivity contribution < 1.29 is 0 Å². The molecule has 0 aliphatic carbocycles. The Morgan fingerprint density at radius 3 is 2.93 bits per heavy atom. The van der Waals surface area contributed by atoms with Gasteiger partial charge in [-0.2, -0.15) is 0 Å². The first-order valence-corrected chi connectivity index (χ1v) is 6.21. The highest BCUT2D eigenvalue weighted by Crippen LogP contribution is 2.20. The summed E-state index contributed by atoms with van der Waals surface area (Å²) in [4.78, 5) is 3.29. The molecule has 0 radical (unpaired) electrons. The smallest absolute Gasteiger partial charge is 0.0456 e. The number of benzene rings is 1. The van der Waals surface area contributed by atoms with Crippen molar-refractivity contribution in [3.63, 3.8) is 0 Å². The molecule has 2 aromatic rings. The molecule has 0 saturated carbocycles. The van der Waals surface area contributed by atoms with Gasteiger partial charge in [-0.1, -0.05) is 46.3 Å². The first kappa shape index (κ1) is 10.5. The third-order valence-corrected chi connectivity index (χ3v) is 3.40. The van der Waals surface area contributed by atoms with E-state index in [0.717, 1.165) is 18.2 Å². The van der Waals surface area contributed by atoms with Crippen LogP contribution in [-0.2, 0) is 6.42 Å². The van der Waals surface area contributed by atoms with E-state index in [1.54, 1.807) is 0 Å². The highest BCUT2D eigenvalue weighted by molar-refractivity contribution is 9.09. The van der Waals surface area contributed by atoms with E-state index in [1.807, 2.05) is 0 Å². The predicted octanol–water partition coefficient (Wildman–Crippen LogP) is 4.05. The van der Waals surface area contributed by atoms with Crippen molar-refractivity contribution in [2.45, 2.75) is 12.8 Å². The van der Waals surface area contributed by atoms with Crippen LogP contribution in [0.5, 0.6) is 0 Å². The highest BCUT2D eigenvalue weighted by atomic mass is 79.9. The minimum atomic E-state index is 0.898. The molecule has 0 unspecified atom stereocenters. The SMILES string of the molecule is C=C(CBr)CCc1c[nH]c2ccccc12. The molecule has 1 nitrogen and oxygen atoms in total. The molecule has 2 rings (SSSR count). The van der Waals surface area contributed by atoms with Crippen molar-refractivity contribution in [3.8, 4) is 0 Å². The van der Waals surface area contributed by atoms with Crippen LogP contribution in [0.1, 0.15) is 12.0 Å². The zero-order valence-electron chi connectivity index (χ0n) is 8.59. The van der Waals surface area contributed by atoms with Gasteiger partial charge in [0.05, 0.1) is 0 Å². The van der Waals surface area contributed by atoms with E-state index in [9.17, 15) is 0 Å². The molecule has 0 atom stereocenters. The van der Waals surface area contributed by atoms with Gasteiger partial charge in [0.25, 0.3) is 0 Å². The zero-order valence-corrected chi connectivity index (χ0v) is 10.2. The summed E-state index contributed by atoms with van der Waals surface area (Å²) in [6.07, 6.45) is 4.22. The summed E-state index contributed by atoms with van der Waals surface area (Å²) in [5.74, 6) is 0. The van der Waals surface area contributed by atoms with E-state index >= 15 is 0 Å². The van der Waals surface area contributed by atoms with Crippen LogP contribution in [0.3, 0.4) is 0 Å². The number of halogens is 1. The average molecular weight is 264 g/mol. The molecule has 0 saturated heterocycles. The van der Waals surface area contributed by atoms with E-state index in [0.29, 0.717) is 0 Å². The second kappa shape index (κ2) is 4.67. The van der Waals surface area contributed by atoms with Crippen LogP contribution in [0, 0.1) is 0 Å². The lowest BCUT2D eigenvalue weighted by Gasteiger charge is -2.00. The second-order valence-corrected chi connectivity index (χ2v) is 4.30. The summed E-state index contributed by atoms with van der Waals surface area (Å²) in [7, 11) is 0. The molecule has 1 aromatic heterocycles. The number of hydrogen-bond donors (Lipinski definition) is 1. The number of aromatic amines is 1. The minimum absolute atomic E-state index is 0.898. The van der Waals surface area contributed by atoms with Gasteiger partial charge in [-0.25, -0.2) is 0 Å². The molecule has 0 aliphatic heterocycles. The fraction of sp³-hybridized carbons (Fsp3) is 0.231. The van der Waals surface area contributed by atoms with Crippen LogP contribution in [0.2, 0.25) is 0 Å². The van der Waals surface area contributed by atoms with Crippen LogP contribution in [0.15, 0.2) is 42.6 Å². The van der Waals surface area contributed by atoms with E-state index in [2.05, 4.69) is 58.0 Å². The van der Waals surface area contributed by atoms with Gasteiger partial charge in [0.1, 0.15) is 0 Å². The maximum atomic E-state index is 4.00. The third kappa shape index (κ3) is 2.32. The van der Waals surface area contributed by atoms with Gasteiger partial charge in [0, 0.05) is 22.4 Å². The molecule has 0 aliphatic rings. The third-order valence-electron chi connectivity index (χ3n) is 2.61. The molecule has 1 N–H and O–H groups in total. The number of H-pyrrole nitrogens is 1. The Kier molecular flexibility index (Phi) is 3.27. The van der Waals surface area contributed by atoms with Crippen LogP contribution in [0.25, 0.3) is 10.9 Å². The zero-order chi connectivity index (χ0) is 10.7. The number of rotatable bonds is 4. The van der Waals surface area contributed by atoms with Gasteiger partial charge in [0.15, 0.2) is 0 Å². The van der Waals surface area contributed by atoms with E-state index < -0.39 is 0 Å². The summed E-state index contributed by atoms with van der Waals surface area (Å²) in [5, 5.41) is 2.23. The average Bonchev–Trinajstić information content (AvgIpc) is 2.69. The fourth-order valence-electron chi connectivity index (χ4n) is 1.72. The van der Waals surface area contributed by atoms with Crippen molar-refractivity contribution in [2.75, 3.05) is 5.33 Å². The van der Waals surface area contributed by atoms with Gasteiger partial charge in [-0.15, -0.1) is 0 Å². The number of para-hydroxylation sites is 1. The van der Waals surface area contributed by atoms with Crippen molar-refractivity contribution in [2.24, 2.45) is 0 Å². The number of aryl methyl sites for hydroxylation is 1. The van der Waals surface area contributed by atoms with Crippen LogP contribution in [-0.4, -0.2) is 10.3 Å². The standard InChI is InChI=1S/C13H14BrN/c1-10(8-14)6-7-11-9-15-13-5-3-2-4-12(11)13/h2-5,9,15H,1,6-8H2. The molecular formula is C13H14BrN. The van der Waals surface area contributed by atoms with Gasteiger partial charge in [0.2, 0.25) is 0 Å². The summed E-state index contributed by atoms with van der Waals surface area (Å²) in [5.41, 5.74) is 3.85. The Labute approximate surface area is 98.3 Å². The van der Waals surface area contributed by atoms with Gasteiger partial charge < -0.3 is 4.98 Å². The number of aromatic nitrogens is 1. The molecule has 78 valence electrons. The summed E-state index contributed by atoms with van der Waals surface area (Å²) >= 11 is 3.42. The van der Waals surface area contributed by atoms with E-state index in [1.165, 1.54) is 22.0 Å². The largest absolute Gasteiger partial charge is 0.361 e. The van der Waals surface area contributed by atoms with Gasteiger partial charge >= 0.3 is 0 Å². The minimum Gasteiger partial charge on any atom is -0.361 e. The molecule has 15 heavy (non-hydrogen) atoms. The summed E-state index contributed by atoms with van der Waals surface area (Å²) in [6, 6.07) is 8.41. The Balaban J connectivity index is 2.18. The van der Waals surface area contributed by atoms with Crippen molar-refractivity contribution in [3.05, 3.63) is 48.2 Å². The number of hydrogen-bond acceptors (Lipinski definition) is 0. The van der Waals surface area contributed by atoms with Crippen molar-refractivity contribution in [1.29, 1.82) is 0 Å². The molecule has 2 heteroatoms. The Hall–Kier alpha value is -1.02. The first-order chi connectivity index (χ1) is 7.31. The molecule has 1 heterocycles. The fourth-order valence-corrected chi connectivity index (χ4v) is 2.00. The number of fused-ring (bicyclic) bond motifs is 1. The first-order valence-electron chi connectivity index (χ1n) is 5.09. The highest BCUT2D eigenvalue weighted by Gasteiger charge is 2.02. The predicted molar refractivity (Wildman–Crippen MR) is 69.6 cm³/mol. The number of allylic oxidation sites excluding steroid dienone is 1. The van der Waals surface area contributed by atoms with E-state index in [4.69, 9.17) is 0 Å². The second-order valence-electron chi connectivity index (χ2n) is 3.74. The molecule has 0 amide bonds. The Bertz CT molecular complexity index is 470. The number of nitrogens with one attached hydrogen (secondary N) is 1. The summed E-state index contributed by atoms with van der Waals surface area (Å²) < 4.78 is 0. The molecule has 0 spiro atoms. The van der Waals surface area contributed by atoms with Gasteiger partial charge in [-0.3, -0.25) is 0 Å². The lowest BCUT2D eigenvalue weighted by atomic mass is 10.1. The molecule has 1 aromatic carbocycles. The monoisotopic (exact) mass is 263 g/mol. The maximum Gasteiger partial charge on any atom is 0.0456 e. The molecular weight excluding hydrogens is 250 g/mol. The van der Waals surface area contributed by atoms with Gasteiger partial charge in [-0.05, 0) is 24.5 Å². The lowest BCUT2D eigenvalue weighted by molar-refractivity contribution is 0.959. The van der Waals surface area contributed by atoms with Crippen molar-refractivity contribution in [1.82, 2.24) is 4.98 Å². The number of alkyl halides is 1. The van der Waals surface area contributed by atoms with E-state index in [-0.39, 0.29) is 0 Å². The topological polar surface area (TPSA) is 15.8 Å². The maximum absolute atomic E-state index is 4.00. The normalized spacial score (nSPS) is 10.7. The Morgan fingerprint density at radius 1 is 1.33 bits per heavy atom. The Morgan fingerprint density at radius 2 is 2.13 bits per heavy atom. The quantitative estimate of drug-likeness (QED) is 0.633. The lowest BCUT2D eigenvalue weighted by Crippen LogP contribution is -1.87. The van der Waals surface area contributed by atoms with Crippen LogP contribution in [0.4, 0.5) is 0 Å². The summed E-state index contributed by atoms with van der Waals surface area (Å²) in [6.45, 7) is 4.00. The van der Waals surface area contributed by atoms with Crippen molar-refractivity contribution >= 4 is 26.8 Å². The van der Waals surface area contributed by atoms with Crippen LogP contribution >= 0.6 is 15.9 Å². The molecule has 0 bridgehead atoms. The van der Waals surface area contributed by atoms with Crippen LogP contribution < -0.4 is 0 Å². The molecule has 0 fully saturated rings.